The number of oxime groups is 1. The summed E-state index contributed by atoms with van der Waals surface area (Å²) in [4.78, 5) is 23.2. The molecule has 1 aliphatic carbocycles. The summed E-state index contributed by atoms with van der Waals surface area (Å²) in [5.74, 6) is -0.185. The topological polar surface area (TPSA) is 106 Å². The first-order chi connectivity index (χ1) is 15.2. The lowest BCUT2D eigenvalue weighted by Crippen LogP contribution is -2.23. The second-order valence-electron chi connectivity index (χ2n) is 7.43. The van der Waals surface area contributed by atoms with E-state index >= 15 is 0 Å². The van der Waals surface area contributed by atoms with Crippen molar-refractivity contribution in [2.24, 2.45) is 5.16 Å². The highest BCUT2D eigenvalue weighted by Crippen LogP contribution is 2.36. The molecule has 0 radical (unpaired) electrons. The number of hydrogen-bond acceptors (Lipinski definition) is 8. The van der Waals surface area contributed by atoms with Gasteiger partial charge in [-0.15, -0.1) is 0 Å². The normalized spacial score (nSPS) is 17.5. The Labute approximate surface area is 192 Å². The zero-order valence-corrected chi connectivity index (χ0v) is 19.9. The maximum Gasteiger partial charge on any atom is 0.177 e. The maximum absolute atomic E-state index is 12.7. The van der Waals surface area contributed by atoms with Crippen LogP contribution in [-0.2, 0) is 19.5 Å². The third-order valence-corrected chi connectivity index (χ3v) is 7.13. The van der Waals surface area contributed by atoms with Gasteiger partial charge in [-0.3, -0.25) is 4.79 Å². The van der Waals surface area contributed by atoms with Crippen molar-refractivity contribution in [3.63, 3.8) is 0 Å². The van der Waals surface area contributed by atoms with Crippen LogP contribution in [0.15, 0.2) is 73.9 Å². The summed E-state index contributed by atoms with van der Waals surface area (Å²) in [6, 6.07) is 11.0. The van der Waals surface area contributed by atoms with Crippen molar-refractivity contribution < 1.29 is 23.2 Å². The Bertz CT molecular complexity index is 1140. The number of ketones is 1. The first-order valence-electron chi connectivity index (χ1n) is 10.3. The van der Waals surface area contributed by atoms with Crippen molar-refractivity contribution in [1.29, 1.82) is 0 Å². The number of sulfone groups is 1. The molecular weight excluding hydrogens is 448 g/mol. The van der Waals surface area contributed by atoms with Gasteiger partial charge in [0.15, 0.2) is 15.6 Å². The van der Waals surface area contributed by atoms with E-state index < -0.39 is 9.84 Å². The number of pyridine rings is 1. The zero-order valence-electron chi connectivity index (χ0n) is 18.2. The molecular formula is C23H26N2O5S2. The Morgan fingerprint density at radius 3 is 2.44 bits per heavy atom. The van der Waals surface area contributed by atoms with E-state index in [-0.39, 0.29) is 27.9 Å². The van der Waals surface area contributed by atoms with Gasteiger partial charge in [-0.1, -0.05) is 36.0 Å². The molecule has 9 heteroatoms. The Hall–Kier alpha value is -2.65. The molecule has 1 aliphatic rings. The third-order valence-electron chi connectivity index (χ3n) is 5.08. The lowest BCUT2D eigenvalue weighted by molar-refractivity contribution is -0.116. The van der Waals surface area contributed by atoms with Crippen LogP contribution in [0.25, 0.3) is 0 Å². The minimum atomic E-state index is -3.27. The van der Waals surface area contributed by atoms with Crippen LogP contribution in [-0.4, -0.2) is 42.9 Å². The Kier molecular flexibility index (Phi) is 7.73. The number of rotatable bonds is 8. The Morgan fingerprint density at radius 1 is 1.19 bits per heavy atom. The fourth-order valence-electron chi connectivity index (χ4n) is 3.46. The molecule has 1 atom stereocenters. The monoisotopic (exact) mass is 474 g/mol. The lowest BCUT2D eigenvalue weighted by atomic mass is 9.81. The average Bonchev–Trinajstić information content (AvgIpc) is 2.75. The van der Waals surface area contributed by atoms with Crippen LogP contribution in [0.4, 0.5) is 0 Å². The highest BCUT2D eigenvalue weighted by molar-refractivity contribution is 7.99. The molecule has 0 saturated carbocycles. The number of carbonyl (C=O) groups is 1. The number of nitrogens with zero attached hydrogens (tertiary/aromatic N) is 2. The summed E-state index contributed by atoms with van der Waals surface area (Å²) >= 11 is 1.42. The van der Waals surface area contributed by atoms with Gasteiger partial charge in [0, 0.05) is 30.2 Å². The van der Waals surface area contributed by atoms with Gasteiger partial charge in [0.05, 0.1) is 16.2 Å². The smallest absolute Gasteiger partial charge is 0.177 e. The van der Waals surface area contributed by atoms with Crippen molar-refractivity contribution in [2.75, 3.05) is 12.9 Å². The van der Waals surface area contributed by atoms with E-state index in [1.807, 2.05) is 38.1 Å². The predicted octanol–water partition coefficient (Wildman–Crippen LogP) is 4.70. The van der Waals surface area contributed by atoms with E-state index in [2.05, 4.69) is 10.1 Å². The van der Waals surface area contributed by atoms with Crippen LogP contribution in [0.1, 0.15) is 44.6 Å². The van der Waals surface area contributed by atoms with E-state index in [4.69, 9.17) is 4.84 Å². The molecule has 170 valence electrons. The van der Waals surface area contributed by atoms with Crippen molar-refractivity contribution in [3.8, 4) is 0 Å². The molecule has 0 saturated heterocycles. The van der Waals surface area contributed by atoms with E-state index in [0.29, 0.717) is 36.6 Å². The molecule has 2 aromatic rings. The fraction of sp³-hybridized carbons (Fsp3) is 0.348. The van der Waals surface area contributed by atoms with Gasteiger partial charge < -0.3 is 9.94 Å². The molecule has 1 N–H and O–H groups in total. The van der Waals surface area contributed by atoms with E-state index in [1.165, 1.54) is 18.0 Å². The maximum atomic E-state index is 12.7. The van der Waals surface area contributed by atoms with Crippen molar-refractivity contribution in [3.05, 3.63) is 59.5 Å². The molecule has 7 nitrogen and oxygen atoms in total. The summed E-state index contributed by atoms with van der Waals surface area (Å²) in [5.41, 5.74) is 1.73. The van der Waals surface area contributed by atoms with Crippen LogP contribution in [0.2, 0.25) is 0 Å². The summed E-state index contributed by atoms with van der Waals surface area (Å²) in [7, 11) is -3.27. The van der Waals surface area contributed by atoms with Gasteiger partial charge in [-0.05, 0) is 49.1 Å². The highest BCUT2D eigenvalue weighted by Gasteiger charge is 2.31. The molecule has 1 aromatic heterocycles. The van der Waals surface area contributed by atoms with Crippen LogP contribution in [0, 0.1) is 0 Å². The van der Waals surface area contributed by atoms with Crippen molar-refractivity contribution >= 4 is 33.1 Å². The Balaban J connectivity index is 1.72. The van der Waals surface area contributed by atoms with Gasteiger partial charge in [-0.25, -0.2) is 13.4 Å². The fourth-order valence-corrected chi connectivity index (χ4v) is 4.78. The van der Waals surface area contributed by atoms with Gasteiger partial charge >= 0.3 is 0 Å². The molecule has 0 bridgehead atoms. The van der Waals surface area contributed by atoms with Gasteiger partial charge in [0.2, 0.25) is 0 Å². The average molecular weight is 475 g/mol. The summed E-state index contributed by atoms with van der Waals surface area (Å²) in [5, 5.41) is 15.2. The van der Waals surface area contributed by atoms with Gasteiger partial charge in [-0.2, -0.15) is 0 Å². The van der Waals surface area contributed by atoms with Crippen LogP contribution >= 0.6 is 11.8 Å². The Morgan fingerprint density at radius 2 is 1.91 bits per heavy atom. The van der Waals surface area contributed by atoms with E-state index in [1.54, 1.807) is 12.1 Å². The highest BCUT2D eigenvalue weighted by atomic mass is 32.2. The van der Waals surface area contributed by atoms with Crippen molar-refractivity contribution in [1.82, 2.24) is 4.98 Å². The van der Waals surface area contributed by atoms with Crippen LogP contribution in [0.5, 0.6) is 0 Å². The minimum absolute atomic E-state index is 0.0557. The predicted molar refractivity (Wildman–Crippen MR) is 124 cm³/mol. The molecule has 1 heterocycles. The van der Waals surface area contributed by atoms with Crippen molar-refractivity contribution in [2.45, 2.75) is 53.8 Å². The number of hydrogen-bond donors (Lipinski definition) is 1. The second-order valence-corrected chi connectivity index (χ2v) is 10.5. The van der Waals surface area contributed by atoms with Crippen LogP contribution in [0.3, 0.4) is 0 Å². The summed E-state index contributed by atoms with van der Waals surface area (Å²) < 4.78 is 23.1. The summed E-state index contributed by atoms with van der Waals surface area (Å²) in [6.07, 6.45) is 3.67. The van der Waals surface area contributed by atoms with Crippen LogP contribution < -0.4 is 0 Å². The SMILES string of the molecule is CCON=C(CC)C1=C(O)CC(c2ccc(Sc3ccc(S(C)(=O)=O)cn3)cc2)CC1=O. The lowest BCUT2D eigenvalue weighted by Gasteiger charge is -2.24. The number of benzene rings is 1. The molecule has 32 heavy (non-hydrogen) atoms. The molecule has 1 aromatic carbocycles. The molecule has 0 fully saturated rings. The third kappa shape index (κ3) is 5.77. The number of carbonyl (C=O) groups excluding carboxylic acids is 1. The first-order valence-corrected chi connectivity index (χ1v) is 13.0. The molecule has 0 spiro atoms. The van der Waals surface area contributed by atoms with Gasteiger partial charge in [0.1, 0.15) is 17.4 Å². The number of aliphatic hydroxyl groups is 1. The first kappa shape index (κ1) is 24.0. The number of aliphatic hydroxyl groups excluding tert-OH is 1. The number of allylic oxidation sites excluding steroid dienone is 2. The number of Topliss-reactive ketones (excluding diaryl/α,β-unsaturated/α-hetero) is 1. The minimum Gasteiger partial charge on any atom is -0.511 e. The zero-order chi connectivity index (χ0) is 23.3. The quantitative estimate of drug-likeness (QED) is 0.437. The standard InChI is InChI=1S/C23H26N2O5S2/c1-4-19(25-30-5-2)23-20(26)12-16(13-21(23)27)15-6-8-17(9-7-15)31-22-11-10-18(14-24-22)32(3,28)29/h6-11,14,16,26H,4-5,12-13H2,1-3H3. The van der Waals surface area contributed by atoms with E-state index in [9.17, 15) is 18.3 Å². The summed E-state index contributed by atoms with van der Waals surface area (Å²) in [6.45, 7) is 4.08. The molecule has 0 aliphatic heterocycles. The molecule has 1 unspecified atom stereocenters. The number of aromatic nitrogens is 1. The van der Waals surface area contributed by atoms with E-state index in [0.717, 1.165) is 16.7 Å². The largest absolute Gasteiger partial charge is 0.511 e. The van der Waals surface area contributed by atoms with Gasteiger partial charge in [0.25, 0.3) is 0 Å². The molecule has 3 rings (SSSR count). The molecule has 0 amide bonds. The second kappa shape index (κ2) is 10.3.